The van der Waals surface area contributed by atoms with Crippen LogP contribution < -0.4 is 4.90 Å². The lowest BCUT2D eigenvalue weighted by Crippen LogP contribution is -2.30. The predicted molar refractivity (Wildman–Crippen MR) is 98.2 cm³/mol. The van der Waals surface area contributed by atoms with Crippen LogP contribution in [0.4, 0.5) is 5.69 Å². The summed E-state index contributed by atoms with van der Waals surface area (Å²) in [7, 11) is -0.352. The van der Waals surface area contributed by atoms with Crippen molar-refractivity contribution in [1.82, 2.24) is 4.90 Å². The molecule has 0 spiro atoms. The molecule has 138 valence electrons. The average Bonchev–Trinajstić information content (AvgIpc) is 2.49. The van der Waals surface area contributed by atoms with E-state index in [9.17, 15) is 0 Å². The molecule has 1 aliphatic heterocycles. The minimum Gasteiger partial charge on any atom is -0.371 e. The number of anilines is 1. The van der Waals surface area contributed by atoms with E-state index in [2.05, 4.69) is 48.2 Å². The fraction of sp³-hybridized carbons (Fsp3) is 0.647. The number of hydrogen-bond acceptors (Lipinski definition) is 4. The van der Waals surface area contributed by atoms with Gasteiger partial charge in [-0.25, -0.2) is 0 Å². The summed E-state index contributed by atoms with van der Waals surface area (Å²) < 4.78 is 31.6. The van der Waals surface area contributed by atoms with Crippen LogP contribution in [0.5, 0.6) is 0 Å². The van der Waals surface area contributed by atoms with Crippen molar-refractivity contribution in [3.63, 3.8) is 0 Å². The van der Waals surface area contributed by atoms with E-state index in [1.54, 1.807) is 5.56 Å². The minimum atomic E-state index is -4.67. The molecule has 1 aromatic rings. The van der Waals surface area contributed by atoms with Gasteiger partial charge in [0.2, 0.25) is 0 Å². The van der Waals surface area contributed by atoms with Crippen LogP contribution in [-0.4, -0.2) is 56.2 Å². The molecule has 0 atom stereocenters. The van der Waals surface area contributed by atoms with Gasteiger partial charge in [0.25, 0.3) is 0 Å². The first kappa shape index (κ1) is 20.9. The lowest BCUT2D eigenvalue weighted by molar-refractivity contribution is 0.381. The highest BCUT2D eigenvalue weighted by Crippen LogP contribution is 2.26. The normalized spacial score (nSPS) is 14.1. The van der Waals surface area contributed by atoms with Gasteiger partial charge in [-0.05, 0) is 58.0 Å². The Morgan fingerprint density at radius 1 is 1.08 bits per heavy atom. The molecular weight excluding hydrogens is 328 g/mol. The molecule has 0 fully saturated rings. The summed E-state index contributed by atoms with van der Waals surface area (Å²) in [6.45, 7) is 3.71. The maximum Gasteiger partial charge on any atom is 0.394 e. The van der Waals surface area contributed by atoms with Gasteiger partial charge in [-0.2, -0.15) is 8.42 Å². The zero-order valence-electron chi connectivity index (χ0n) is 14.7. The minimum absolute atomic E-state index is 1.23. The summed E-state index contributed by atoms with van der Waals surface area (Å²) in [4.78, 5) is 4.87. The van der Waals surface area contributed by atoms with Gasteiger partial charge < -0.3 is 9.80 Å². The third kappa shape index (κ3) is 9.87. The van der Waals surface area contributed by atoms with Crippen LogP contribution in [0.2, 0.25) is 0 Å². The topological polar surface area (TPSA) is 81.1 Å². The number of hydrogen-bond donors (Lipinski definition) is 2. The zero-order chi connectivity index (χ0) is 18.0. The molecule has 7 heteroatoms. The second kappa shape index (κ2) is 10.7. The van der Waals surface area contributed by atoms with Crippen LogP contribution in [0.15, 0.2) is 24.3 Å². The Morgan fingerprint density at radius 2 is 1.71 bits per heavy atom. The summed E-state index contributed by atoms with van der Waals surface area (Å²) >= 11 is 0. The highest BCUT2D eigenvalue weighted by molar-refractivity contribution is 7.79. The van der Waals surface area contributed by atoms with Crippen molar-refractivity contribution in [2.24, 2.45) is 0 Å². The fourth-order valence-corrected chi connectivity index (χ4v) is 2.93. The first-order valence-corrected chi connectivity index (χ1v) is 9.84. The summed E-state index contributed by atoms with van der Waals surface area (Å²) in [6.07, 6.45) is 7.98. The van der Waals surface area contributed by atoms with Gasteiger partial charge in [0.15, 0.2) is 0 Å². The van der Waals surface area contributed by atoms with Crippen molar-refractivity contribution < 1.29 is 17.5 Å². The Bertz CT molecular complexity index is 568. The van der Waals surface area contributed by atoms with Crippen LogP contribution in [0.1, 0.15) is 37.7 Å². The first-order valence-electron chi connectivity index (χ1n) is 8.45. The van der Waals surface area contributed by atoms with Crippen LogP contribution in [0, 0.1) is 0 Å². The van der Waals surface area contributed by atoms with Gasteiger partial charge in [0.05, 0.1) is 0 Å². The molecule has 1 heterocycles. The maximum atomic E-state index is 8.74. The van der Waals surface area contributed by atoms with E-state index in [0.29, 0.717) is 0 Å². The highest BCUT2D eigenvalue weighted by atomic mass is 32.3. The second-order valence-electron chi connectivity index (χ2n) is 6.38. The molecule has 0 aromatic heterocycles. The molecule has 6 nitrogen and oxygen atoms in total. The first-order chi connectivity index (χ1) is 11.3. The molecule has 0 saturated heterocycles. The molecule has 2 N–H and O–H groups in total. The molecular formula is C17H30N2O4S. The van der Waals surface area contributed by atoms with E-state index < -0.39 is 10.4 Å². The molecule has 0 aliphatic carbocycles. The SMILES string of the molecule is CN(C)CCCCCCN1CCCc2ccccc21.O=S(=O)(O)O. The molecule has 2 rings (SSSR count). The van der Waals surface area contributed by atoms with Crippen molar-refractivity contribution in [3.05, 3.63) is 29.8 Å². The van der Waals surface area contributed by atoms with E-state index >= 15 is 0 Å². The number of rotatable bonds is 7. The van der Waals surface area contributed by atoms with E-state index in [4.69, 9.17) is 17.5 Å². The molecule has 1 aromatic carbocycles. The molecule has 1 aliphatic rings. The van der Waals surface area contributed by atoms with Crippen LogP contribution in [-0.2, 0) is 16.8 Å². The van der Waals surface area contributed by atoms with Gasteiger partial charge in [-0.1, -0.05) is 31.0 Å². The van der Waals surface area contributed by atoms with Gasteiger partial charge in [-0.3, -0.25) is 9.11 Å². The van der Waals surface area contributed by atoms with Crippen LogP contribution >= 0.6 is 0 Å². The standard InChI is InChI=1S/C17H28N2.H2O4S/c1-18(2)13-7-3-4-8-14-19-15-9-11-16-10-5-6-12-17(16)19;1-5(2,3)4/h5-6,10,12H,3-4,7-9,11,13-15H2,1-2H3;(H2,1,2,3,4). The lowest BCUT2D eigenvalue weighted by Gasteiger charge is -2.31. The van der Waals surface area contributed by atoms with Gasteiger partial charge in [0, 0.05) is 18.8 Å². The molecule has 0 amide bonds. The van der Waals surface area contributed by atoms with Gasteiger partial charge in [-0.15, -0.1) is 0 Å². The van der Waals surface area contributed by atoms with Crippen molar-refractivity contribution in [3.8, 4) is 0 Å². The summed E-state index contributed by atoms with van der Waals surface area (Å²) in [6, 6.07) is 8.93. The number of nitrogens with zero attached hydrogens (tertiary/aromatic N) is 2. The predicted octanol–water partition coefficient (Wildman–Crippen LogP) is 2.91. The number of fused-ring (bicyclic) bond motifs is 1. The summed E-state index contributed by atoms with van der Waals surface area (Å²) in [5.74, 6) is 0. The Labute approximate surface area is 146 Å². The maximum absolute atomic E-state index is 8.74. The Kier molecular flexibility index (Phi) is 9.28. The lowest BCUT2D eigenvalue weighted by atomic mass is 10.0. The molecule has 0 saturated carbocycles. The van der Waals surface area contributed by atoms with Crippen LogP contribution in [0.25, 0.3) is 0 Å². The molecule has 0 radical (unpaired) electrons. The Hall–Kier alpha value is -1.15. The van der Waals surface area contributed by atoms with E-state index in [0.717, 1.165) is 0 Å². The number of para-hydroxylation sites is 1. The van der Waals surface area contributed by atoms with Crippen molar-refractivity contribution in [1.29, 1.82) is 0 Å². The fourth-order valence-electron chi connectivity index (χ4n) is 2.93. The van der Waals surface area contributed by atoms with Gasteiger partial charge in [0.1, 0.15) is 0 Å². The van der Waals surface area contributed by atoms with E-state index in [1.807, 2.05) is 0 Å². The summed E-state index contributed by atoms with van der Waals surface area (Å²) in [5, 5.41) is 0. The smallest absolute Gasteiger partial charge is 0.371 e. The monoisotopic (exact) mass is 358 g/mol. The third-order valence-corrected chi connectivity index (χ3v) is 3.99. The van der Waals surface area contributed by atoms with Crippen molar-refractivity contribution >= 4 is 16.1 Å². The zero-order valence-corrected chi connectivity index (χ0v) is 15.5. The van der Waals surface area contributed by atoms with Crippen molar-refractivity contribution in [2.75, 3.05) is 38.6 Å². The molecule has 0 bridgehead atoms. The molecule has 0 unspecified atom stereocenters. The van der Waals surface area contributed by atoms with Gasteiger partial charge >= 0.3 is 10.4 Å². The average molecular weight is 359 g/mol. The van der Waals surface area contributed by atoms with Crippen molar-refractivity contribution in [2.45, 2.75) is 38.5 Å². The van der Waals surface area contributed by atoms with Crippen LogP contribution in [0.3, 0.4) is 0 Å². The number of aryl methyl sites for hydroxylation is 1. The van der Waals surface area contributed by atoms with E-state index in [1.165, 1.54) is 63.8 Å². The number of benzene rings is 1. The third-order valence-electron chi connectivity index (χ3n) is 3.99. The summed E-state index contributed by atoms with van der Waals surface area (Å²) in [5.41, 5.74) is 3.03. The molecule has 24 heavy (non-hydrogen) atoms. The quantitative estimate of drug-likeness (QED) is 0.576. The van der Waals surface area contributed by atoms with E-state index in [-0.39, 0.29) is 0 Å². The Morgan fingerprint density at radius 3 is 2.38 bits per heavy atom. The Balaban J connectivity index is 0.000000505. The highest BCUT2D eigenvalue weighted by Gasteiger charge is 2.15. The second-order valence-corrected chi connectivity index (χ2v) is 7.28. The number of unbranched alkanes of at least 4 members (excludes halogenated alkanes) is 3. The largest absolute Gasteiger partial charge is 0.394 e.